The molecule has 0 atom stereocenters. The van der Waals surface area contributed by atoms with Crippen molar-refractivity contribution in [2.45, 2.75) is 0 Å². The Morgan fingerprint density at radius 2 is 2.27 bits per heavy atom. The zero-order valence-electron chi connectivity index (χ0n) is 5.21. The normalized spacial score (nSPS) is 9.27. The number of carbonyl (C=O) groups excluding carboxylic acids is 1. The van der Waals surface area contributed by atoms with Crippen LogP contribution in [0.15, 0.2) is 12.4 Å². The summed E-state index contributed by atoms with van der Waals surface area (Å²) in [6, 6.07) is 1.32. The minimum atomic E-state index is -0.504. The number of amides is 1. The van der Waals surface area contributed by atoms with Gasteiger partial charge in [0, 0.05) is 17.8 Å². The molecule has 0 spiro atoms. The van der Waals surface area contributed by atoms with Gasteiger partial charge in [0.25, 0.3) is 5.91 Å². The molecule has 4 nitrogen and oxygen atoms in total. The summed E-state index contributed by atoms with van der Waals surface area (Å²) in [5, 5.41) is 0.204. The molecular formula is C5H3Cl2N3O. The summed E-state index contributed by atoms with van der Waals surface area (Å²) in [6.45, 7) is 0. The van der Waals surface area contributed by atoms with E-state index in [1.807, 2.05) is 4.84 Å². The van der Waals surface area contributed by atoms with Crippen LogP contribution in [0.2, 0.25) is 5.15 Å². The van der Waals surface area contributed by atoms with Crippen LogP contribution in [-0.2, 0) is 0 Å². The van der Waals surface area contributed by atoms with Gasteiger partial charge in [0.1, 0.15) is 17.2 Å². The molecule has 1 aromatic rings. The van der Waals surface area contributed by atoms with Gasteiger partial charge < -0.3 is 0 Å². The second-order valence-corrected chi connectivity index (χ2v) is 2.23. The standard InChI is InChI=1S/C5H3Cl2N3O/c6-4-1-3(5(11)10-7)8-2-9-4/h1-2H,(H,10,11). The van der Waals surface area contributed by atoms with Crippen LogP contribution in [0.5, 0.6) is 0 Å². The number of aromatic nitrogens is 2. The zero-order valence-corrected chi connectivity index (χ0v) is 6.73. The number of nitrogens with one attached hydrogen (secondary N) is 1. The van der Waals surface area contributed by atoms with E-state index in [4.69, 9.17) is 23.4 Å². The van der Waals surface area contributed by atoms with Crippen LogP contribution in [0.1, 0.15) is 10.5 Å². The van der Waals surface area contributed by atoms with Gasteiger partial charge in [-0.05, 0) is 0 Å². The Hall–Kier alpha value is -0.870. The molecule has 0 aliphatic carbocycles. The van der Waals surface area contributed by atoms with E-state index in [0.29, 0.717) is 0 Å². The van der Waals surface area contributed by atoms with Crippen molar-refractivity contribution in [1.82, 2.24) is 14.8 Å². The molecule has 11 heavy (non-hydrogen) atoms. The number of halogens is 2. The summed E-state index contributed by atoms with van der Waals surface area (Å²) < 4.78 is 0. The van der Waals surface area contributed by atoms with Crippen molar-refractivity contribution < 1.29 is 4.79 Å². The molecule has 0 unspecified atom stereocenters. The Kier molecular flexibility index (Phi) is 2.62. The lowest BCUT2D eigenvalue weighted by Crippen LogP contribution is -2.14. The molecule has 6 heteroatoms. The van der Waals surface area contributed by atoms with E-state index in [9.17, 15) is 4.79 Å². The van der Waals surface area contributed by atoms with Crippen LogP contribution >= 0.6 is 23.4 Å². The van der Waals surface area contributed by atoms with Crippen molar-refractivity contribution in [2.75, 3.05) is 0 Å². The number of rotatable bonds is 1. The van der Waals surface area contributed by atoms with E-state index in [1.165, 1.54) is 12.4 Å². The van der Waals surface area contributed by atoms with E-state index >= 15 is 0 Å². The predicted octanol–water partition coefficient (Wildman–Crippen LogP) is 1.01. The highest BCUT2D eigenvalue weighted by molar-refractivity contribution is 6.30. The highest BCUT2D eigenvalue weighted by Gasteiger charge is 2.05. The van der Waals surface area contributed by atoms with Gasteiger partial charge in [-0.3, -0.25) is 9.63 Å². The molecule has 1 rings (SSSR count). The first-order valence-electron chi connectivity index (χ1n) is 2.62. The minimum absolute atomic E-state index is 0.139. The Balaban J connectivity index is 2.96. The first kappa shape index (κ1) is 8.23. The SMILES string of the molecule is O=C(NCl)c1cc(Cl)ncn1. The lowest BCUT2D eigenvalue weighted by Gasteiger charge is -1.94. The largest absolute Gasteiger partial charge is 0.284 e. The number of hydrogen-bond donors (Lipinski definition) is 1. The van der Waals surface area contributed by atoms with Crippen molar-refractivity contribution in [1.29, 1.82) is 0 Å². The average molecular weight is 192 g/mol. The number of nitrogens with zero attached hydrogens (tertiary/aromatic N) is 2. The van der Waals surface area contributed by atoms with Crippen LogP contribution in [0.25, 0.3) is 0 Å². The smallest absolute Gasteiger partial charge is 0.266 e. The maximum atomic E-state index is 10.8. The highest BCUT2D eigenvalue weighted by atomic mass is 35.5. The summed E-state index contributed by atoms with van der Waals surface area (Å²) in [6.07, 6.45) is 1.18. The minimum Gasteiger partial charge on any atom is -0.266 e. The molecule has 0 saturated carbocycles. The van der Waals surface area contributed by atoms with E-state index in [0.717, 1.165) is 0 Å². The van der Waals surface area contributed by atoms with Crippen molar-refractivity contribution in [3.63, 3.8) is 0 Å². The molecule has 0 fully saturated rings. The third-order valence-electron chi connectivity index (χ3n) is 0.952. The topological polar surface area (TPSA) is 54.9 Å². The fourth-order valence-corrected chi connectivity index (χ4v) is 0.750. The molecule has 0 aliphatic rings. The molecular weight excluding hydrogens is 189 g/mol. The van der Waals surface area contributed by atoms with Gasteiger partial charge in [0.15, 0.2) is 0 Å². The quantitative estimate of drug-likeness (QED) is 0.533. The van der Waals surface area contributed by atoms with Crippen molar-refractivity contribution in [3.05, 3.63) is 23.2 Å². The van der Waals surface area contributed by atoms with Crippen LogP contribution in [0.3, 0.4) is 0 Å². The first-order valence-corrected chi connectivity index (χ1v) is 3.38. The summed E-state index contributed by atoms with van der Waals surface area (Å²) in [5.74, 6) is -0.504. The highest BCUT2D eigenvalue weighted by Crippen LogP contribution is 2.03. The summed E-state index contributed by atoms with van der Waals surface area (Å²) in [4.78, 5) is 19.9. The molecule has 0 aromatic carbocycles. The van der Waals surface area contributed by atoms with Crippen LogP contribution in [-0.4, -0.2) is 15.9 Å². The van der Waals surface area contributed by atoms with E-state index in [-0.39, 0.29) is 10.8 Å². The Morgan fingerprint density at radius 1 is 1.55 bits per heavy atom. The first-order chi connectivity index (χ1) is 5.24. The lowest BCUT2D eigenvalue weighted by atomic mass is 10.4. The maximum Gasteiger partial charge on any atom is 0.284 e. The summed E-state index contributed by atoms with van der Waals surface area (Å²) in [5.41, 5.74) is 0.139. The van der Waals surface area contributed by atoms with Gasteiger partial charge in [0.05, 0.1) is 0 Å². The summed E-state index contributed by atoms with van der Waals surface area (Å²) in [7, 11) is 0. The molecule has 0 saturated heterocycles. The summed E-state index contributed by atoms with van der Waals surface area (Å²) >= 11 is 10.5. The van der Waals surface area contributed by atoms with Crippen molar-refractivity contribution in [3.8, 4) is 0 Å². The van der Waals surface area contributed by atoms with Crippen LogP contribution < -0.4 is 4.84 Å². The van der Waals surface area contributed by atoms with Gasteiger partial charge in [-0.15, -0.1) is 0 Å². The third-order valence-corrected chi connectivity index (χ3v) is 1.33. The second kappa shape index (κ2) is 3.50. The molecule has 1 N–H and O–H groups in total. The molecule has 0 radical (unpaired) electrons. The molecule has 1 heterocycles. The molecule has 0 aliphatic heterocycles. The fraction of sp³-hybridized carbons (Fsp3) is 0. The molecule has 0 bridgehead atoms. The maximum absolute atomic E-state index is 10.8. The lowest BCUT2D eigenvalue weighted by molar-refractivity contribution is 0.0977. The monoisotopic (exact) mass is 191 g/mol. The van der Waals surface area contributed by atoms with E-state index < -0.39 is 5.91 Å². The van der Waals surface area contributed by atoms with Crippen molar-refractivity contribution in [2.24, 2.45) is 0 Å². The number of hydrogen-bond acceptors (Lipinski definition) is 3. The zero-order chi connectivity index (χ0) is 8.27. The van der Waals surface area contributed by atoms with Gasteiger partial charge >= 0.3 is 0 Å². The van der Waals surface area contributed by atoms with Gasteiger partial charge in [-0.2, -0.15) is 0 Å². The second-order valence-electron chi connectivity index (χ2n) is 1.65. The van der Waals surface area contributed by atoms with Gasteiger partial charge in [-0.1, -0.05) is 11.6 Å². The number of carbonyl (C=O) groups is 1. The Bertz CT molecular complexity index is 278. The average Bonchev–Trinajstić information content (AvgIpc) is 2.03. The third kappa shape index (κ3) is 2.03. The Morgan fingerprint density at radius 3 is 2.82 bits per heavy atom. The Labute approximate surface area is 72.7 Å². The van der Waals surface area contributed by atoms with Crippen molar-refractivity contribution >= 4 is 29.3 Å². The van der Waals surface area contributed by atoms with E-state index in [2.05, 4.69) is 9.97 Å². The van der Waals surface area contributed by atoms with Gasteiger partial charge in [0.2, 0.25) is 0 Å². The molecule has 1 aromatic heterocycles. The predicted molar refractivity (Wildman–Crippen MR) is 40.4 cm³/mol. The van der Waals surface area contributed by atoms with Crippen LogP contribution in [0, 0.1) is 0 Å². The molecule has 1 amide bonds. The van der Waals surface area contributed by atoms with Crippen LogP contribution in [0.4, 0.5) is 0 Å². The molecule has 58 valence electrons. The van der Waals surface area contributed by atoms with Gasteiger partial charge in [-0.25, -0.2) is 9.97 Å². The fourth-order valence-electron chi connectivity index (χ4n) is 0.506. The van der Waals surface area contributed by atoms with E-state index in [1.54, 1.807) is 0 Å².